The van der Waals surface area contributed by atoms with Crippen LogP contribution in [0.3, 0.4) is 0 Å². The van der Waals surface area contributed by atoms with E-state index in [1.807, 2.05) is 54.6 Å². The van der Waals surface area contributed by atoms with Crippen molar-refractivity contribution in [1.29, 1.82) is 0 Å². The van der Waals surface area contributed by atoms with Gasteiger partial charge in [-0.25, -0.2) is 4.79 Å². The fourth-order valence-corrected chi connectivity index (χ4v) is 4.24. The first-order valence-electron chi connectivity index (χ1n) is 10.2. The van der Waals surface area contributed by atoms with E-state index in [4.69, 9.17) is 4.74 Å². The number of piperidine rings is 3. The van der Waals surface area contributed by atoms with Crippen LogP contribution in [0.15, 0.2) is 54.6 Å². The molecule has 2 N–H and O–H groups in total. The zero-order chi connectivity index (χ0) is 20.2. The first kappa shape index (κ1) is 19.5. The topological polar surface area (TPSA) is 70.7 Å². The second-order valence-corrected chi connectivity index (χ2v) is 7.86. The summed E-state index contributed by atoms with van der Waals surface area (Å²) in [4.78, 5) is 26.9. The second kappa shape index (κ2) is 8.66. The summed E-state index contributed by atoms with van der Waals surface area (Å²) in [5.41, 5.74) is 2.28. The summed E-state index contributed by atoms with van der Waals surface area (Å²) in [6.45, 7) is 4.51. The van der Waals surface area contributed by atoms with Crippen molar-refractivity contribution in [1.82, 2.24) is 4.90 Å². The number of anilines is 2. The van der Waals surface area contributed by atoms with Crippen LogP contribution in [0.2, 0.25) is 0 Å². The molecule has 29 heavy (non-hydrogen) atoms. The molecule has 5 rings (SSSR count). The number of nitrogens with zero attached hydrogens (tertiary/aromatic N) is 1. The van der Waals surface area contributed by atoms with Crippen molar-refractivity contribution < 1.29 is 14.3 Å². The van der Waals surface area contributed by atoms with E-state index < -0.39 is 6.04 Å². The Morgan fingerprint density at radius 1 is 1.03 bits per heavy atom. The molecule has 3 fully saturated rings. The van der Waals surface area contributed by atoms with Gasteiger partial charge in [0.1, 0.15) is 6.10 Å². The lowest BCUT2D eigenvalue weighted by molar-refractivity contribution is -0.159. The number of fused-ring (bicyclic) bond motifs is 3. The first-order valence-corrected chi connectivity index (χ1v) is 10.2. The van der Waals surface area contributed by atoms with Crippen LogP contribution in [0.1, 0.15) is 31.4 Å². The van der Waals surface area contributed by atoms with Crippen LogP contribution in [0.5, 0.6) is 0 Å². The van der Waals surface area contributed by atoms with E-state index >= 15 is 0 Å². The summed E-state index contributed by atoms with van der Waals surface area (Å²) in [5, 5.41) is 6.07. The molecule has 1 amide bonds. The van der Waals surface area contributed by atoms with E-state index in [0.717, 1.165) is 43.7 Å². The molecular weight excluding hydrogens is 366 g/mol. The van der Waals surface area contributed by atoms with Crippen LogP contribution in [-0.2, 0) is 14.3 Å². The van der Waals surface area contributed by atoms with E-state index in [2.05, 4.69) is 15.5 Å². The first-order chi connectivity index (χ1) is 14.1. The number of hydrogen-bond acceptors (Lipinski definition) is 5. The summed E-state index contributed by atoms with van der Waals surface area (Å²) in [5.74, 6) is 0.0619. The molecule has 2 unspecified atom stereocenters. The standard InChI is InChI=1S/C23H27N3O3/c1-16(27)24-19-8-5-9-20(14-19)25-22(18-6-3-2-4-7-18)23(28)29-21-15-26-12-10-17(21)11-13-26/h2-9,14,17,21-22,25H,10-13,15H2,1H3,(H,24,27). The van der Waals surface area contributed by atoms with Gasteiger partial charge in [0.2, 0.25) is 5.91 Å². The highest BCUT2D eigenvalue weighted by Gasteiger charge is 2.37. The van der Waals surface area contributed by atoms with Gasteiger partial charge in [-0.05, 0) is 55.6 Å². The Balaban J connectivity index is 1.52. The zero-order valence-electron chi connectivity index (χ0n) is 16.6. The van der Waals surface area contributed by atoms with Gasteiger partial charge < -0.3 is 15.4 Å². The minimum absolute atomic E-state index is 0.0382. The monoisotopic (exact) mass is 393 g/mol. The number of esters is 1. The van der Waals surface area contributed by atoms with Crippen LogP contribution in [0, 0.1) is 5.92 Å². The number of nitrogens with one attached hydrogen (secondary N) is 2. The van der Waals surface area contributed by atoms with Crippen LogP contribution in [-0.4, -0.2) is 42.5 Å². The molecule has 0 radical (unpaired) electrons. The number of benzene rings is 2. The third-order valence-electron chi connectivity index (χ3n) is 5.73. The Morgan fingerprint density at radius 2 is 1.76 bits per heavy atom. The Hall–Kier alpha value is -2.86. The van der Waals surface area contributed by atoms with Crippen molar-refractivity contribution in [3.63, 3.8) is 0 Å². The normalized spacial score (nSPS) is 23.8. The maximum Gasteiger partial charge on any atom is 0.333 e. The van der Waals surface area contributed by atoms with Gasteiger partial charge >= 0.3 is 5.97 Å². The van der Waals surface area contributed by atoms with E-state index in [1.54, 1.807) is 0 Å². The molecule has 2 aromatic carbocycles. The van der Waals surface area contributed by atoms with Crippen molar-refractivity contribution in [3.8, 4) is 0 Å². The van der Waals surface area contributed by atoms with Crippen LogP contribution < -0.4 is 10.6 Å². The van der Waals surface area contributed by atoms with Crippen molar-refractivity contribution in [3.05, 3.63) is 60.2 Å². The molecule has 3 saturated heterocycles. The molecule has 0 saturated carbocycles. The van der Waals surface area contributed by atoms with Gasteiger partial charge in [0, 0.05) is 24.8 Å². The summed E-state index contributed by atoms with van der Waals surface area (Å²) >= 11 is 0. The number of hydrogen-bond donors (Lipinski definition) is 2. The molecule has 6 nitrogen and oxygen atoms in total. The summed E-state index contributed by atoms with van der Waals surface area (Å²) in [7, 11) is 0. The molecule has 2 bridgehead atoms. The molecular formula is C23H27N3O3. The molecule has 3 heterocycles. The van der Waals surface area contributed by atoms with Crippen LogP contribution in [0.4, 0.5) is 11.4 Å². The van der Waals surface area contributed by atoms with Gasteiger partial charge in [-0.3, -0.25) is 9.69 Å². The maximum atomic E-state index is 13.2. The van der Waals surface area contributed by atoms with Gasteiger partial charge in [0.25, 0.3) is 0 Å². The summed E-state index contributed by atoms with van der Waals surface area (Å²) < 4.78 is 6.00. The minimum Gasteiger partial charge on any atom is -0.459 e. The quantitative estimate of drug-likeness (QED) is 0.736. The average molecular weight is 393 g/mol. The zero-order valence-corrected chi connectivity index (χ0v) is 16.6. The van der Waals surface area contributed by atoms with Gasteiger partial charge in [0.15, 0.2) is 6.04 Å². The fraction of sp³-hybridized carbons (Fsp3) is 0.391. The number of carbonyl (C=O) groups is 2. The lowest BCUT2D eigenvalue weighted by Crippen LogP contribution is -2.52. The van der Waals surface area contributed by atoms with Crippen molar-refractivity contribution >= 4 is 23.3 Å². The lowest BCUT2D eigenvalue weighted by atomic mass is 9.86. The Kier molecular flexibility index (Phi) is 5.81. The van der Waals surface area contributed by atoms with Crippen molar-refractivity contribution in [2.24, 2.45) is 5.92 Å². The largest absolute Gasteiger partial charge is 0.459 e. The Labute approximate surface area is 171 Å². The predicted molar refractivity (Wildman–Crippen MR) is 113 cm³/mol. The number of amides is 1. The maximum absolute atomic E-state index is 13.2. The van der Waals surface area contributed by atoms with Gasteiger partial charge in [0.05, 0.1) is 0 Å². The van der Waals surface area contributed by atoms with Gasteiger partial charge in [-0.2, -0.15) is 0 Å². The molecule has 3 aliphatic heterocycles. The van der Waals surface area contributed by atoms with Crippen LogP contribution >= 0.6 is 0 Å². The number of carbonyl (C=O) groups excluding carboxylic acids is 2. The van der Waals surface area contributed by atoms with E-state index in [1.165, 1.54) is 6.92 Å². The molecule has 3 aliphatic rings. The SMILES string of the molecule is CC(=O)Nc1cccc(NC(C(=O)OC2CN3CCC2CC3)c2ccccc2)c1. The lowest BCUT2D eigenvalue weighted by Gasteiger charge is -2.44. The molecule has 0 spiro atoms. The predicted octanol–water partition coefficient (Wildman–Crippen LogP) is 3.44. The Bertz CT molecular complexity index is 863. The minimum atomic E-state index is -0.612. The highest BCUT2D eigenvalue weighted by molar-refractivity contribution is 5.89. The summed E-state index contributed by atoms with van der Waals surface area (Å²) in [6, 6.07) is 16.3. The fourth-order valence-electron chi connectivity index (χ4n) is 4.24. The van der Waals surface area contributed by atoms with Gasteiger partial charge in [-0.15, -0.1) is 0 Å². The van der Waals surface area contributed by atoms with Crippen molar-refractivity contribution in [2.75, 3.05) is 30.3 Å². The molecule has 0 aromatic heterocycles. The Morgan fingerprint density at radius 3 is 2.41 bits per heavy atom. The van der Waals surface area contributed by atoms with Crippen molar-refractivity contribution in [2.45, 2.75) is 31.9 Å². The molecule has 6 heteroatoms. The van der Waals surface area contributed by atoms with E-state index in [0.29, 0.717) is 11.6 Å². The van der Waals surface area contributed by atoms with E-state index in [9.17, 15) is 9.59 Å². The van der Waals surface area contributed by atoms with Crippen LogP contribution in [0.25, 0.3) is 0 Å². The highest BCUT2D eigenvalue weighted by Crippen LogP contribution is 2.31. The second-order valence-electron chi connectivity index (χ2n) is 7.86. The number of rotatable bonds is 6. The highest BCUT2D eigenvalue weighted by atomic mass is 16.5. The third-order valence-corrected chi connectivity index (χ3v) is 5.73. The smallest absolute Gasteiger partial charge is 0.333 e. The molecule has 2 aromatic rings. The molecule has 2 atom stereocenters. The molecule has 152 valence electrons. The third kappa shape index (κ3) is 4.77. The van der Waals surface area contributed by atoms with E-state index in [-0.39, 0.29) is 18.0 Å². The molecule has 0 aliphatic carbocycles. The average Bonchev–Trinajstić information content (AvgIpc) is 2.73. The van der Waals surface area contributed by atoms with Gasteiger partial charge in [-0.1, -0.05) is 36.4 Å². The summed E-state index contributed by atoms with van der Waals surface area (Å²) in [6.07, 6.45) is 2.16. The number of ether oxygens (including phenoxy) is 1.